The summed E-state index contributed by atoms with van der Waals surface area (Å²) >= 11 is 0. The smallest absolute Gasteiger partial charge is 0.243 e. The lowest BCUT2D eigenvalue weighted by atomic mass is 9.94. The number of sulfonamides is 1. The number of nitrogens with zero attached hydrogens (tertiary/aromatic N) is 2. The van der Waals surface area contributed by atoms with Gasteiger partial charge in [-0.3, -0.25) is 13.9 Å². The second-order valence-corrected chi connectivity index (χ2v) is 14.2. The first-order valence-electron chi connectivity index (χ1n) is 15.8. The molecule has 8 heteroatoms. The van der Waals surface area contributed by atoms with E-state index in [1.54, 1.807) is 4.90 Å². The van der Waals surface area contributed by atoms with Crippen LogP contribution in [-0.2, 0) is 32.6 Å². The van der Waals surface area contributed by atoms with Gasteiger partial charge in [-0.2, -0.15) is 0 Å². The van der Waals surface area contributed by atoms with Crippen molar-refractivity contribution >= 4 is 27.5 Å². The fourth-order valence-electron chi connectivity index (χ4n) is 6.17. The number of hydrogen-bond donors (Lipinski definition) is 1. The van der Waals surface area contributed by atoms with Crippen molar-refractivity contribution in [3.05, 3.63) is 101 Å². The van der Waals surface area contributed by atoms with Crippen LogP contribution in [-0.4, -0.2) is 50.0 Å². The van der Waals surface area contributed by atoms with Gasteiger partial charge in [-0.1, -0.05) is 79.9 Å². The Hall–Kier alpha value is -3.65. The minimum atomic E-state index is -3.57. The van der Waals surface area contributed by atoms with E-state index in [2.05, 4.69) is 5.32 Å². The zero-order valence-corrected chi connectivity index (χ0v) is 27.4. The van der Waals surface area contributed by atoms with Crippen LogP contribution in [0.5, 0.6) is 0 Å². The average Bonchev–Trinajstić information content (AvgIpc) is 2.97. The molecule has 7 nitrogen and oxygen atoms in total. The first kappa shape index (κ1) is 33.2. The minimum absolute atomic E-state index is 0.116. The number of nitrogens with one attached hydrogen (secondary N) is 1. The molecule has 236 valence electrons. The molecule has 1 atom stereocenters. The average molecular weight is 618 g/mol. The normalized spacial score (nSPS) is 14.5. The quantitative estimate of drug-likeness (QED) is 0.246. The maximum atomic E-state index is 14.1. The highest BCUT2D eigenvalue weighted by molar-refractivity contribution is 7.92. The van der Waals surface area contributed by atoms with Gasteiger partial charge in [0.15, 0.2) is 0 Å². The molecule has 3 aromatic rings. The van der Waals surface area contributed by atoms with E-state index in [0.717, 1.165) is 53.5 Å². The van der Waals surface area contributed by atoms with Crippen molar-refractivity contribution in [2.45, 2.75) is 90.8 Å². The number of benzene rings is 3. The molecule has 0 spiro atoms. The van der Waals surface area contributed by atoms with E-state index >= 15 is 0 Å². The fourth-order valence-corrected chi connectivity index (χ4v) is 7.12. The third-order valence-corrected chi connectivity index (χ3v) is 9.67. The van der Waals surface area contributed by atoms with Crippen molar-refractivity contribution in [3.63, 3.8) is 0 Å². The standard InChI is InChI=1S/C36H47N3O4S/c1-27-22-28(2)24-33(23-27)39(44(4,42)43)21-13-20-35(40)38(26-31-17-12-11-14-29(31)3)34(25-30-15-7-5-8-16-30)36(41)37-32-18-9-6-10-19-32/h5,7-8,11-12,14-17,22-24,32,34H,6,9-10,13,18-21,25-26H2,1-4H3,(H,37,41)/t34-/m0/s1. The molecular formula is C36H47N3O4S. The number of hydrogen-bond acceptors (Lipinski definition) is 4. The van der Waals surface area contributed by atoms with Crippen LogP contribution in [0.4, 0.5) is 5.69 Å². The minimum Gasteiger partial charge on any atom is -0.352 e. The summed E-state index contributed by atoms with van der Waals surface area (Å²) < 4.78 is 27.0. The van der Waals surface area contributed by atoms with E-state index in [4.69, 9.17) is 0 Å². The summed E-state index contributed by atoms with van der Waals surface area (Å²) in [6.07, 6.45) is 7.32. The summed E-state index contributed by atoms with van der Waals surface area (Å²) in [5.74, 6) is -0.294. The molecule has 1 aliphatic carbocycles. The molecule has 0 aromatic heterocycles. The second-order valence-electron chi connectivity index (χ2n) is 12.3. The highest BCUT2D eigenvalue weighted by Crippen LogP contribution is 2.24. The largest absolute Gasteiger partial charge is 0.352 e. The van der Waals surface area contributed by atoms with Gasteiger partial charge in [0.2, 0.25) is 21.8 Å². The van der Waals surface area contributed by atoms with E-state index in [0.29, 0.717) is 25.1 Å². The fraction of sp³-hybridized carbons (Fsp3) is 0.444. The van der Waals surface area contributed by atoms with Gasteiger partial charge in [0.25, 0.3) is 0 Å². The molecule has 1 N–H and O–H groups in total. The van der Waals surface area contributed by atoms with Gasteiger partial charge in [-0.25, -0.2) is 8.42 Å². The monoisotopic (exact) mass is 617 g/mol. The highest BCUT2D eigenvalue weighted by Gasteiger charge is 2.32. The lowest BCUT2D eigenvalue weighted by Gasteiger charge is -2.34. The van der Waals surface area contributed by atoms with Crippen molar-refractivity contribution in [1.29, 1.82) is 0 Å². The van der Waals surface area contributed by atoms with Gasteiger partial charge in [-0.05, 0) is 80.0 Å². The number of aryl methyl sites for hydroxylation is 3. The Balaban J connectivity index is 1.60. The van der Waals surface area contributed by atoms with Gasteiger partial charge < -0.3 is 10.2 Å². The molecule has 0 saturated heterocycles. The van der Waals surface area contributed by atoms with Crippen LogP contribution in [0, 0.1) is 20.8 Å². The summed E-state index contributed by atoms with van der Waals surface area (Å²) in [5, 5.41) is 3.28. The first-order chi connectivity index (χ1) is 21.0. The summed E-state index contributed by atoms with van der Waals surface area (Å²) in [7, 11) is -3.57. The Morgan fingerprint density at radius 2 is 1.52 bits per heavy atom. The molecule has 2 amide bonds. The number of amides is 2. The number of carbonyl (C=O) groups is 2. The van der Waals surface area contributed by atoms with Gasteiger partial charge in [0, 0.05) is 32.0 Å². The van der Waals surface area contributed by atoms with E-state index in [1.165, 1.54) is 17.0 Å². The number of rotatable bonds is 13. The van der Waals surface area contributed by atoms with Crippen molar-refractivity contribution in [3.8, 4) is 0 Å². The topological polar surface area (TPSA) is 86.8 Å². The molecule has 0 heterocycles. The van der Waals surface area contributed by atoms with Crippen LogP contribution >= 0.6 is 0 Å². The highest BCUT2D eigenvalue weighted by atomic mass is 32.2. The van der Waals surface area contributed by atoms with E-state index in [9.17, 15) is 18.0 Å². The van der Waals surface area contributed by atoms with Gasteiger partial charge in [-0.15, -0.1) is 0 Å². The maximum Gasteiger partial charge on any atom is 0.243 e. The Bertz CT molecular complexity index is 1500. The Morgan fingerprint density at radius 1 is 0.886 bits per heavy atom. The lowest BCUT2D eigenvalue weighted by Crippen LogP contribution is -2.53. The Morgan fingerprint density at radius 3 is 2.16 bits per heavy atom. The Labute approximate surface area is 263 Å². The molecule has 3 aromatic carbocycles. The first-order valence-corrected chi connectivity index (χ1v) is 17.6. The molecule has 0 aliphatic heterocycles. The summed E-state index contributed by atoms with van der Waals surface area (Å²) in [6, 6.07) is 22.9. The third kappa shape index (κ3) is 9.42. The van der Waals surface area contributed by atoms with Crippen LogP contribution in [0.2, 0.25) is 0 Å². The molecular weight excluding hydrogens is 570 g/mol. The molecule has 0 bridgehead atoms. The molecule has 1 saturated carbocycles. The predicted octanol–water partition coefficient (Wildman–Crippen LogP) is 6.25. The number of carbonyl (C=O) groups excluding carboxylic acids is 2. The zero-order valence-electron chi connectivity index (χ0n) is 26.6. The van der Waals surface area contributed by atoms with Gasteiger partial charge in [0.05, 0.1) is 11.9 Å². The molecule has 0 radical (unpaired) electrons. The molecule has 44 heavy (non-hydrogen) atoms. The molecule has 1 fully saturated rings. The SMILES string of the molecule is Cc1cc(C)cc(N(CCCC(=O)N(Cc2ccccc2C)[C@@H](Cc2ccccc2)C(=O)NC2CCCCC2)S(C)(=O)=O)c1. The van der Waals surface area contributed by atoms with Crippen LogP contribution in [0.1, 0.15) is 72.8 Å². The summed E-state index contributed by atoms with van der Waals surface area (Å²) in [5.41, 5.74) is 5.57. The molecule has 0 unspecified atom stereocenters. The third-order valence-electron chi connectivity index (χ3n) is 8.47. The van der Waals surface area contributed by atoms with Crippen LogP contribution < -0.4 is 9.62 Å². The zero-order chi connectivity index (χ0) is 31.7. The maximum absolute atomic E-state index is 14.1. The van der Waals surface area contributed by atoms with Crippen LogP contribution in [0.3, 0.4) is 0 Å². The summed E-state index contributed by atoms with van der Waals surface area (Å²) in [6.45, 7) is 6.36. The molecule has 1 aliphatic rings. The van der Waals surface area contributed by atoms with Crippen molar-refractivity contribution in [1.82, 2.24) is 10.2 Å². The van der Waals surface area contributed by atoms with Crippen LogP contribution in [0.15, 0.2) is 72.8 Å². The van der Waals surface area contributed by atoms with E-state index < -0.39 is 16.1 Å². The van der Waals surface area contributed by atoms with Crippen molar-refractivity contribution in [2.24, 2.45) is 0 Å². The van der Waals surface area contributed by atoms with Crippen LogP contribution in [0.25, 0.3) is 0 Å². The van der Waals surface area contributed by atoms with Gasteiger partial charge >= 0.3 is 0 Å². The predicted molar refractivity (Wildman–Crippen MR) is 178 cm³/mol. The molecule has 4 rings (SSSR count). The van der Waals surface area contributed by atoms with Crippen molar-refractivity contribution < 1.29 is 18.0 Å². The Kier molecular flexibility index (Phi) is 11.6. The van der Waals surface area contributed by atoms with E-state index in [1.807, 2.05) is 93.6 Å². The second kappa shape index (κ2) is 15.4. The summed E-state index contributed by atoms with van der Waals surface area (Å²) in [4.78, 5) is 29.9. The van der Waals surface area contributed by atoms with E-state index in [-0.39, 0.29) is 30.8 Å². The lowest BCUT2D eigenvalue weighted by molar-refractivity contribution is -0.141. The van der Waals surface area contributed by atoms with Gasteiger partial charge in [0.1, 0.15) is 6.04 Å². The number of anilines is 1. The van der Waals surface area contributed by atoms with Crippen molar-refractivity contribution in [2.75, 3.05) is 17.1 Å².